The highest BCUT2D eigenvalue weighted by molar-refractivity contribution is 5.84. The third-order valence-electron chi connectivity index (χ3n) is 6.41. The van der Waals surface area contributed by atoms with Crippen LogP contribution in [0.5, 0.6) is 0 Å². The number of carbonyl (C=O) groups is 1. The number of fused-ring (bicyclic) bond motifs is 2. The predicted molar refractivity (Wildman–Crippen MR) is 112 cm³/mol. The number of nitrogens with zero attached hydrogens (tertiary/aromatic N) is 5. The standard InChI is InChI=1S/C22H28N6O/c1-26-10-4-5-17(14-26)22-25-24-20-15-27(11-12-28(20)22)21(29)9-8-16-13-23-19-7-3-2-6-18(16)19/h2-3,6-7,13,17,23H,4-5,8-12,14-15H2,1H3/t17-/m0/s1. The summed E-state index contributed by atoms with van der Waals surface area (Å²) in [7, 11) is 2.17. The fraction of sp³-hybridized carbons (Fsp3) is 0.500. The number of rotatable bonds is 4. The van der Waals surface area contributed by atoms with Gasteiger partial charge < -0.3 is 19.4 Å². The maximum atomic E-state index is 12.8. The highest BCUT2D eigenvalue weighted by Gasteiger charge is 2.29. The van der Waals surface area contributed by atoms with Gasteiger partial charge in [-0.05, 0) is 44.5 Å². The van der Waals surface area contributed by atoms with Gasteiger partial charge in [0.2, 0.25) is 5.91 Å². The van der Waals surface area contributed by atoms with E-state index in [0.29, 0.717) is 18.9 Å². The lowest BCUT2D eigenvalue weighted by Crippen LogP contribution is -2.39. The SMILES string of the molecule is CN1CCC[C@H](c2nnc3n2CCN(C(=O)CCc2c[nH]c4ccccc24)C3)C1. The molecule has 2 aliphatic rings. The second-order valence-corrected chi connectivity index (χ2v) is 8.40. The number of likely N-dealkylation sites (N-methyl/N-ethyl adjacent to an activating group) is 1. The van der Waals surface area contributed by atoms with Crippen molar-refractivity contribution in [2.24, 2.45) is 0 Å². The summed E-state index contributed by atoms with van der Waals surface area (Å²) in [5.41, 5.74) is 2.33. The van der Waals surface area contributed by atoms with Crippen LogP contribution in [-0.4, -0.2) is 62.1 Å². The van der Waals surface area contributed by atoms with Gasteiger partial charge in [-0.25, -0.2) is 0 Å². The molecule has 2 aliphatic heterocycles. The molecule has 1 amide bonds. The quantitative estimate of drug-likeness (QED) is 0.741. The molecule has 0 bridgehead atoms. The molecule has 0 unspecified atom stereocenters. The first-order chi connectivity index (χ1) is 14.2. The number of hydrogen-bond acceptors (Lipinski definition) is 4. The number of aromatic amines is 1. The van der Waals surface area contributed by atoms with Crippen LogP contribution in [0.1, 0.15) is 42.4 Å². The van der Waals surface area contributed by atoms with E-state index < -0.39 is 0 Å². The van der Waals surface area contributed by atoms with Gasteiger partial charge in [0.25, 0.3) is 0 Å². The van der Waals surface area contributed by atoms with Gasteiger partial charge in [0, 0.05) is 49.1 Å². The molecular weight excluding hydrogens is 364 g/mol. The van der Waals surface area contributed by atoms with Crippen molar-refractivity contribution in [3.63, 3.8) is 0 Å². The molecule has 7 nitrogen and oxygen atoms in total. The van der Waals surface area contributed by atoms with E-state index in [1.807, 2.05) is 23.2 Å². The van der Waals surface area contributed by atoms with Crippen molar-refractivity contribution >= 4 is 16.8 Å². The summed E-state index contributed by atoms with van der Waals surface area (Å²) in [5.74, 6) is 2.69. The summed E-state index contributed by atoms with van der Waals surface area (Å²) < 4.78 is 2.26. The van der Waals surface area contributed by atoms with Gasteiger partial charge in [-0.15, -0.1) is 10.2 Å². The topological polar surface area (TPSA) is 70.1 Å². The fourth-order valence-corrected chi connectivity index (χ4v) is 4.81. The lowest BCUT2D eigenvalue weighted by Gasteiger charge is -2.32. The number of piperidine rings is 1. The van der Waals surface area contributed by atoms with E-state index in [1.54, 1.807) is 0 Å². The molecule has 3 aromatic rings. The van der Waals surface area contributed by atoms with E-state index in [1.165, 1.54) is 23.8 Å². The smallest absolute Gasteiger partial charge is 0.223 e. The van der Waals surface area contributed by atoms with Crippen molar-refractivity contribution in [3.8, 4) is 0 Å². The fourth-order valence-electron chi connectivity index (χ4n) is 4.81. The molecule has 4 heterocycles. The number of hydrogen-bond donors (Lipinski definition) is 1. The normalized spacial score (nSPS) is 20.2. The van der Waals surface area contributed by atoms with E-state index in [0.717, 1.165) is 49.8 Å². The van der Waals surface area contributed by atoms with Crippen LogP contribution >= 0.6 is 0 Å². The first kappa shape index (κ1) is 18.4. The molecule has 29 heavy (non-hydrogen) atoms. The van der Waals surface area contributed by atoms with Crippen molar-refractivity contribution in [2.45, 2.75) is 44.7 Å². The van der Waals surface area contributed by atoms with Gasteiger partial charge >= 0.3 is 0 Å². The van der Waals surface area contributed by atoms with Crippen LogP contribution in [0.15, 0.2) is 30.5 Å². The Kier molecular flexibility index (Phi) is 4.83. The maximum Gasteiger partial charge on any atom is 0.223 e. The van der Waals surface area contributed by atoms with Crippen LogP contribution in [0, 0.1) is 0 Å². The Labute approximate surface area is 170 Å². The Balaban J connectivity index is 1.23. The molecular formula is C22H28N6O. The van der Waals surface area contributed by atoms with Gasteiger partial charge in [0.1, 0.15) is 5.82 Å². The van der Waals surface area contributed by atoms with E-state index in [2.05, 4.69) is 43.8 Å². The maximum absolute atomic E-state index is 12.8. The highest BCUT2D eigenvalue weighted by Crippen LogP contribution is 2.27. The minimum Gasteiger partial charge on any atom is -0.361 e. The van der Waals surface area contributed by atoms with Crippen molar-refractivity contribution in [1.29, 1.82) is 0 Å². The number of H-pyrrole nitrogens is 1. The third kappa shape index (κ3) is 3.55. The van der Waals surface area contributed by atoms with Gasteiger partial charge in [-0.3, -0.25) is 4.79 Å². The number of para-hydroxylation sites is 1. The van der Waals surface area contributed by atoms with Crippen LogP contribution in [0.25, 0.3) is 10.9 Å². The second kappa shape index (κ2) is 7.63. The Morgan fingerprint density at radius 1 is 1.21 bits per heavy atom. The lowest BCUT2D eigenvalue weighted by molar-refractivity contribution is -0.132. The van der Waals surface area contributed by atoms with E-state index in [4.69, 9.17) is 0 Å². The van der Waals surface area contributed by atoms with Crippen LogP contribution < -0.4 is 0 Å². The summed E-state index contributed by atoms with van der Waals surface area (Å²) in [6.45, 7) is 4.33. The summed E-state index contributed by atoms with van der Waals surface area (Å²) in [5, 5.41) is 10.2. The molecule has 7 heteroatoms. The largest absolute Gasteiger partial charge is 0.361 e. The predicted octanol–water partition coefficient (Wildman–Crippen LogP) is 2.54. The average Bonchev–Trinajstić information content (AvgIpc) is 3.35. The van der Waals surface area contributed by atoms with Gasteiger partial charge in [-0.2, -0.15) is 0 Å². The molecule has 0 radical (unpaired) electrons. The monoisotopic (exact) mass is 392 g/mol. The number of aromatic nitrogens is 4. The molecule has 2 aromatic heterocycles. The minimum atomic E-state index is 0.198. The van der Waals surface area contributed by atoms with E-state index in [-0.39, 0.29) is 5.91 Å². The Morgan fingerprint density at radius 2 is 2.10 bits per heavy atom. The van der Waals surface area contributed by atoms with Gasteiger partial charge in [-0.1, -0.05) is 18.2 Å². The molecule has 0 aliphatic carbocycles. The number of aryl methyl sites for hydroxylation is 1. The Morgan fingerprint density at radius 3 is 3.00 bits per heavy atom. The zero-order valence-electron chi connectivity index (χ0n) is 17.0. The van der Waals surface area contributed by atoms with E-state index >= 15 is 0 Å². The van der Waals surface area contributed by atoms with Crippen LogP contribution in [0.4, 0.5) is 0 Å². The first-order valence-corrected chi connectivity index (χ1v) is 10.6. The summed E-state index contributed by atoms with van der Waals surface area (Å²) in [6.07, 6.45) is 5.69. The molecule has 1 N–H and O–H groups in total. The molecule has 1 fully saturated rings. The molecule has 1 saturated heterocycles. The molecule has 0 spiro atoms. The summed E-state index contributed by atoms with van der Waals surface area (Å²) >= 11 is 0. The molecule has 5 rings (SSSR count). The second-order valence-electron chi connectivity index (χ2n) is 8.40. The Bertz CT molecular complexity index is 1020. The third-order valence-corrected chi connectivity index (χ3v) is 6.41. The zero-order chi connectivity index (χ0) is 19.8. The number of nitrogens with one attached hydrogen (secondary N) is 1. The van der Waals surface area contributed by atoms with Crippen molar-refractivity contribution in [1.82, 2.24) is 29.5 Å². The van der Waals surface area contributed by atoms with Crippen LogP contribution in [0.3, 0.4) is 0 Å². The lowest BCUT2D eigenvalue weighted by atomic mass is 9.97. The van der Waals surface area contributed by atoms with Crippen LogP contribution in [-0.2, 0) is 24.3 Å². The molecule has 1 aromatic carbocycles. The zero-order valence-corrected chi connectivity index (χ0v) is 17.0. The molecule has 152 valence electrons. The average molecular weight is 393 g/mol. The van der Waals surface area contributed by atoms with Crippen molar-refractivity contribution in [2.75, 3.05) is 26.7 Å². The van der Waals surface area contributed by atoms with E-state index in [9.17, 15) is 4.79 Å². The summed E-state index contributed by atoms with van der Waals surface area (Å²) in [4.78, 5) is 20.4. The van der Waals surface area contributed by atoms with Crippen molar-refractivity contribution in [3.05, 3.63) is 47.7 Å². The number of benzene rings is 1. The number of carbonyl (C=O) groups excluding carboxylic acids is 1. The number of amides is 1. The summed E-state index contributed by atoms with van der Waals surface area (Å²) in [6, 6.07) is 8.25. The minimum absolute atomic E-state index is 0.198. The molecule has 0 saturated carbocycles. The Hall–Kier alpha value is -2.67. The highest BCUT2D eigenvalue weighted by atomic mass is 16.2. The van der Waals surface area contributed by atoms with Gasteiger partial charge in [0.15, 0.2) is 5.82 Å². The number of likely N-dealkylation sites (tertiary alicyclic amines) is 1. The van der Waals surface area contributed by atoms with Gasteiger partial charge in [0.05, 0.1) is 6.54 Å². The first-order valence-electron chi connectivity index (χ1n) is 10.6. The van der Waals surface area contributed by atoms with Crippen molar-refractivity contribution < 1.29 is 4.79 Å². The molecule has 1 atom stereocenters. The van der Waals surface area contributed by atoms with Crippen LogP contribution in [0.2, 0.25) is 0 Å².